The molecule has 0 bridgehead atoms. The van der Waals surface area contributed by atoms with E-state index < -0.39 is 0 Å². The van der Waals surface area contributed by atoms with Crippen LogP contribution in [0, 0.1) is 11.8 Å². The summed E-state index contributed by atoms with van der Waals surface area (Å²) in [5, 5.41) is 3.40. The van der Waals surface area contributed by atoms with Crippen molar-refractivity contribution >= 4 is 26.7 Å². The molecule has 0 aliphatic heterocycles. The summed E-state index contributed by atoms with van der Waals surface area (Å²) in [7, 11) is 0. The van der Waals surface area contributed by atoms with Crippen LogP contribution >= 0.6 is 15.9 Å². The molecule has 96 valence electrons. The number of rotatable bonds is 5. The summed E-state index contributed by atoms with van der Waals surface area (Å²) in [6.45, 7) is 5.23. The molecule has 18 heavy (non-hydrogen) atoms. The lowest BCUT2D eigenvalue weighted by Crippen LogP contribution is -2.19. The minimum absolute atomic E-state index is 0.545. The molecule has 2 heteroatoms. The van der Waals surface area contributed by atoms with Crippen molar-refractivity contribution in [2.75, 3.05) is 11.9 Å². The first-order valence-corrected chi connectivity index (χ1v) is 7.51. The maximum absolute atomic E-state index is 6.00. The number of benzene rings is 2. The van der Waals surface area contributed by atoms with Gasteiger partial charge in [-0.1, -0.05) is 66.2 Å². The zero-order chi connectivity index (χ0) is 13.0. The third-order valence-electron chi connectivity index (χ3n) is 3.34. The number of ether oxygens (including phenoxy) is 1. The van der Waals surface area contributed by atoms with Gasteiger partial charge in [-0.2, -0.15) is 0 Å². The molecule has 0 fully saturated rings. The fraction of sp³-hybridized carbons (Fsp3) is 0.375. The van der Waals surface area contributed by atoms with Gasteiger partial charge in [0.15, 0.2) is 0 Å². The van der Waals surface area contributed by atoms with Gasteiger partial charge in [-0.05, 0) is 17.4 Å². The van der Waals surface area contributed by atoms with Gasteiger partial charge >= 0.3 is 0 Å². The Labute approximate surface area is 117 Å². The van der Waals surface area contributed by atoms with Gasteiger partial charge in [0.05, 0.1) is 6.61 Å². The summed E-state index contributed by atoms with van der Waals surface area (Å²) < 4.78 is 6.00. The molecular weight excluding hydrogens is 288 g/mol. The number of alkyl halides is 1. The highest BCUT2D eigenvalue weighted by atomic mass is 79.9. The van der Waals surface area contributed by atoms with Crippen LogP contribution in [0.4, 0.5) is 0 Å². The van der Waals surface area contributed by atoms with E-state index in [1.165, 1.54) is 10.8 Å². The molecule has 2 aromatic carbocycles. The van der Waals surface area contributed by atoms with E-state index in [2.05, 4.69) is 66.2 Å². The normalized spacial score (nSPS) is 12.9. The van der Waals surface area contributed by atoms with Crippen molar-refractivity contribution in [2.24, 2.45) is 11.8 Å². The zero-order valence-corrected chi connectivity index (χ0v) is 12.5. The molecule has 2 aromatic rings. The molecule has 0 amide bonds. The largest absolute Gasteiger partial charge is 0.493 e. The van der Waals surface area contributed by atoms with E-state index >= 15 is 0 Å². The van der Waals surface area contributed by atoms with Crippen LogP contribution < -0.4 is 4.74 Å². The van der Waals surface area contributed by atoms with Crippen LogP contribution in [0.1, 0.15) is 13.8 Å². The average molecular weight is 307 g/mol. The fourth-order valence-electron chi connectivity index (χ4n) is 1.93. The maximum Gasteiger partial charge on any atom is 0.127 e. The first-order valence-electron chi connectivity index (χ1n) is 6.39. The number of fused-ring (bicyclic) bond motifs is 1. The Balaban J connectivity index is 2.17. The predicted octanol–water partition coefficient (Wildman–Crippen LogP) is 4.89. The van der Waals surface area contributed by atoms with Crippen LogP contribution in [0.3, 0.4) is 0 Å². The van der Waals surface area contributed by atoms with E-state index in [4.69, 9.17) is 4.74 Å². The lowest BCUT2D eigenvalue weighted by Gasteiger charge is -2.19. The van der Waals surface area contributed by atoms with Crippen LogP contribution in [0.25, 0.3) is 10.8 Å². The molecule has 0 saturated carbocycles. The van der Waals surface area contributed by atoms with Crippen molar-refractivity contribution < 1.29 is 4.74 Å². The molecule has 0 spiro atoms. The van der Waals surface area contributed by atoms with Gasteiger partial charge in [0.1, 0.15) is 5.75 Å². The van der Waals surface area contributed by atoms with Crippen molar-refractivity contribution in [1.29, 1.82) is 0 Å². The van der Waals surface area contributed by atoms with E-state index in [9.17, 15) is 0 Å². The van der Waals surface area contributed by atoms with Gasteiger partial charge in [0.2, 0.25) is 0 Å². The average Bonchev–Trinajstić information content (AvgIpc) is 2.39. The van der Waals surface area contributed by atoms with Gasteiger partial charge < -0.3 is 4.74 Å². The quantitative estimate of drug-likeness (QED) is 0.715. The van der Waals surface area contributed by atoms with Crippen LogP contribution in [0.15, 0.2) is 42.5 Å². The lowest BCUT2D eigenvalue weighted by molar-refractivity contribution is 0.230. The first kappa shape index (κ1) is 13.4. The standard InChI is InChI=1S/C16H19BrO/c1-12(2)14(10-17)11-18-16-9-5-7-13-6-3-4-8-15(13)16/h3-9,12,14H,10-11H2,1-2H3. The Morgan fingerprint density at radius 3 is 2.50 bits per heavy atom. The van der Waals surface area contributed by atoms with Crippen LogP contribution in [-0.4, -0.2) is 11.9 Å². The van der Waals surface area contributed by atoms with Crippen LogP contribution in [0.2, 0.25) is 0 Å². The second-order valence-electron chi connectivity index (χ2n) is 4.95. The Kier molecular flexibility index (Phi) is 4.65. The van der Waals surface area contributed by atoms with E-state index in [1.807, 2.05) is 6.07 Å². The molecule has 1 unspecified atom stereocenters. The third kappa shape index (κ3) is 3.05. The van der Waals surface area contributed by atoms with E-state index in [-0.39, 0.29) is 0 Å². The fourth-order valence-corrected chi connectivity index (χ4v) is 2.87. The molecule has 0 saturated heterocycles. The van der Waals surface area contributed by atoms with Crippen molar-refractivity contribution in [2.45, 2.75) is 13.8 Å². The minimum atomic E-state index is 0.545. The van der Waals surface area contributed by atoms with Crippen molar-refractivity contribution in [3.05, 3.63) is 42.5 Å². The van der Waals surface area contributed by atoms with Crippen LogP contribution in [0.5, 0.6) is 5.75 Å². The molecule has 1 nitrogen and oxygen atoms in total. The third-order valence-corrected chi connectivity index (χ3v) is 4.18. The Morgan fingerprint density at radius 2 is 1.78 bits per heavy atom. The summed E-state index contributed by atoms with van der Waals surface area (Å²) in [5.74, 6) is 2.16. The number of halogens is 1. The molecule has 0 aliphatic rings. The van der Waals surface area contributed by atoms with E-state index in [0.717, 1.165) is 17.7 Å². The van der Waals surface area contributed by atoms with Crippen molar-refractivity contribution in [3.63, 3.8) is 0 Å². The Bertz CT molecular complexity index is 502. The highest BCUT2D eigenvalue weighted by Crippen LogP contribution is 2.26. The van der Waals surface area contributed by atoms with E-state index in [1.54, 1.807) is 0 Å². The van der Waals surface area contributed by atoms with Crippen molar-refractivity contribution in [1.82, 2.24) is 0 Å². The molecule has 1 atom stereocenters. The second kappa shape index (κ2) is 6.24. The minimum Gasteiger partial charge on any atom is -0.493 e. The summed E-state index contributed by atoms with van der Waals surface area (Å²) in [5.41, 5.74) is 0. The molecule has 2 rings (SSSR count). The summed E-state index contributed by atoms with van der Waals surface area (Å²) in [4.78, 5) is 0. The first-order chi connectivity index (χ1) is 8.72. The summed E-state index contributed by atoms with van der Waals surface area (Å²) >= 11 is 3.56. The van der Waals surface area contributed by atoms with Gasteiger partial charge in [-0.15, -0.1) is 0 Å². The predicted molar refractivity (Wildman–Crippen MR) is 81.6 cm³/mol. The van der Waals surface area contributed by atoms with Crippen molar-refractivity contribution in [3.8, 4) is 5.75 Å². The smallest absolute Gasteiger partial charge is 0.127 e. The van der Waals surface area contributed by atoms with Gasteiger partial charge in [-0.25, -0.2) is 0 Å². The van der Waals surface area contributed by atoms with Gasteiger partial charge in [0.25, 0.3) is 0 Å². The molecule has 0 radical (unpaired) electrons. The highest BCUT2D eigenvalue weighted by Gasteiger charge is 2.13. The van der Waals surface area contributed by atoms with Crippen LogP contribution in [-0.2, 0) is 0 Å². The summed E-state index contributed by atoms with van der Waals surface area (Å²) in [6.07, 6.45) is 0. The maximum atomic E-state index is 6.00. The topological polar surface area (TPSA) is 9.23 Å². The number of hydrogen-bond donors (Lipinski definition) is 0. The highest BCUT2D eigenvalue weighted by molar-refractivity contribution is 9.09. The second-order valence-corrected chi connectivity index (χ2v) is 5.59. The summed E-state index contributed by atoms with van der Waals surface area (Å²) in [6, 6.07) is 14.6. The number of hydrogen-bond acceptors (Lipinski definition) is 1. The zero-order valence-electron chi connectivity index (χ0n) is 10.9. The molecular formula is C16H19BrO. The molecule has 0 N–H and O–H groups in total. The SMILES string of the molecule is CC(C)C(CBr)COc1cccc2ccccc12. The Hall–Kier alpha value is -1.02. The Morgan fingerprint density at radius 1 is 1.06 bits per heavy atom. The van der Waals surface area contributed by atoms with Gasteiger partial charge in [0, 0.05) is 16.6 Å². The molecule has 0 aromatic heterocycles. The molecule has 0 aliphatic carbocycles. The molecule has 0 heterocycles. The van der Waals surface area contributed by atoms with Gasteiger partial charge in [-0.3, -0.25) is 0 Å². The lowest BCUT2D eigenvalue weighted by atomic mass is 9.99. The van der Waals surface area contributed by atoms with E-state index in [0.29, 0.717) is 11.8 Å². The monoisotopic (exact) mass is 306 g/mol.